The van der Waals surface area contributed by atoms with Gasteiger partial charge in [0.15, 0.2) is 11.5 Å². The van der Waals surface area contributed by atoms with Crippen LogP contribution in [-0.4, -0.2) is 47.2 Å². The normalized spacial score (nSPS) is 14.6. The molecule has 6 heteroatoms. The number of carbonyl (C=O) groups is 1. The Balaban J connectivity index is 0.000000222. The summed E-state index contributed by atoms with van der Waals surface area (Å²) in [7, 11) is 0. The van der Waals surface area contributed by atoms with Crippen LogP contribution in [0.25, 0.3) is 0 Å². The maximum Gasteiger partial charge on any atom is 0.231 e. The van der Waals surface area contributed by atoms with E-state index in [2.05, 4.69) is 6.58 Å². The van der Waals surface area contributed by atoms with E-state index in [1.165, 1.54) is 5.56 Å². The first kappa shape index (κ1) is 17.2. The molecule has 1 aliphatic rings. The van der Waals surface area contributed by atoms with E-state index in [0.29, 0.717) is 13.1 Å². The molecule has 0 aromatic heterocycles. The van der Waals surface area contributed by atoms with Crippen molar-refractivity contribution in [2.24, 2.45) is 0 Å². The Bertz CT molecular complexity index is 459. The minimum atomic E-state index is -1.20. The summed E-state index contributed by atoms with van der Waals surface area (Å²) in [6, 6.07) is 5.94. The lowest BCUT2D eigenvalue weighted by Gasteiger charge is -2.11. The Morgan fingerprint density at radius 2 is 1.95 bits per heavy atom. The van der Waals surface area contributed by atoms with Gasteiger partial charge in [-0.3, -0.25) is 0 Å². The van der Waals surface area contributed by atoms with Gasteiger partial charge in [0.05, 0.1) is 12.7 Å². The third-order valence-electron chi connectivity index (χ3n) is 2.79. The van der Waals surface area contributed by atoms with Gasteiger partial charge in [-0.2, -0.15) is 0 Å². The number of aliphatic hydroxyl groups is 3. The third-order valence-corrected chi connectivity index (χ3v) is 2.79. The van der Waals surface area contributed by atoms with E-state index >= 15 is 0 Å². The molecule has 2 atom stereocenters. The van der Waals surface area contributed by atoms with Crippen molar-refractivity contribution in [2.45, 2.75) is 25.0 Å². The van der Waals surface area contributed by atoms with Crippen molar-refractivity contribution >= 4 is 6.29 Å². The Kier molecular flexibility index (Phi) is 7.45. The molecular formula is C15H20O6. The van der Waals surface area contributed by atoms with Gasteiger partial charge in [-0.1, -0.05) is 12.1 Å². The SMILES string of the molecule is C=CCc1ccc2c(c1)OCO2.O=CCC(O)C(O)CO. The zero-order chi connectivity index (χ0) is 15.7. The second-order valence-corrected chi connectivity index (χ2v) is 4.40. The molecule has 0 saturated carbocycles. The van der Waals surface area contributed by atoms with E-state index in [4.69, 9.17) is 24.8 Å². The quantitative estimate of drug-likeness (QED) is 0.520. The second kappa shape index (κ2) is 9.12. The molecule has 0 spiro atoms. The van der Waals surface area contributed by atoms with E-state index in [1.807, 2.05) is 24.3 Å². The standard InChI is InChI=1S/C10H10O2.C5H10O4/c1-2-3-8-4-5-9-10(6-8)12-7-11-9;6-2-1-4(8)5(9)3-7/h2,4-6H,1,3,7H2;2,4-5,7-9H,1,3H2. The molecule has 21 heavy (non-hydrogen) atoms. The van der Waals surface area contributed by atoms with Crippen LogP contribution < -0.4 is 9.47 Å². The Morgan fingerprint density at radius 3 is 2.57 bits per heavy atom. The highest BCUT2D eigenvalue weighted by atomic mass is 16.7. The first-order chi connectivity index (χ1) is 10.1. The molecule has 1 aromatic carbocycles. The maximum absolute atomic E-state index is 9.68. The van der Waals surface area contributed by atoms with Crippen LogP contribution in [0.3, 0.4) is 0 Å². The zero-order valence-corrected chi connectivity index (χ0v) is 11.6. The lowest BCUT2D eigenvalue weighted by Crippen LogP contribution is -2.29. The summed E-state index contributed by atoms with van der Waals surface area (Å²) in [6.45, 7) is 3.50. The predicted octanol–water partition coefficient (Wildman–Crippen LogP) is 0.433. The lowest BCUT2D eigenvalue weighted by molar-refractivity contribution is -0.111. The molecule has 3 N–H and O–H groups in total. The molecule has 116 valence electrons. The third kappa shape index (κ3) is 5.55. The zero-order valence-electron chi connectivity index (χ0n) is 11.6. The number of allylic oxidation sites excluding steroid dienone is 1. The van der Waals surface area contributed by atoms with Gasteiger partial charge in [0.2, 0.25) is 6.79 Å². The van der Waals surface area contributed by atoms with Gasteiger partial charge in [0.1, 0.15) is 12.4 Å². The molecule has 2 unspecified atom stereocenters. The molecule has 1 aliphatic heterocycles. The summed E-state index contributed by atoms with van der Waals surface area (Å²) >= 11 is 0. The van der Waals surface area contributed by atoms with Gasteiger partial charge in [-0.15, -0.1) is 6.58 Å². The molecule has 6 nitrogen and oxygen atoms in total. The largest absolute Gasteiger partial charge is 0.454 e. The predicted molar refractivity (Wildman–Crippen MR) is 76.2 cm³/mol. The summed E-state index contributed by atoms with van der Waals surface area (Å²) in [6.07, 6.45) is 0.766. The van der Waals surface area contributed by atoms with Crippen molar-refractivity contribution in [3.8, 4) is 11.5 Å². The fourth-order valence-corrected chi connectivity index (χ4v) is 1.61. The molecule has 2 rings (SSSR count). The van der Waals surface area contributed by atoms with Crippen molar-refractivity contribution in [1.82, 2.24) is 0 Å². The molecular weight excluding hydrogens is 276 g/mol. The number of aldehydes is 1. The lowest BCUT2D eigenvalue weighted by atomic mass is 10.1. The topological polar surface area (TPSA) is 96.2 Å². The minimum Gasteiger partial charge on any atom is -0.454 e. The average molecular weight is 296 g/mol. The number of aliphatic hydroxyl groups excluding tert-OH is 3. The molecule has 0 bridgehead atoms. The number of hydrogen-bond acceptors (Lipinski definition) is 6. The molecule has 1 aromatic rings. The van der Waals surface area contributed by atoms with Crippen LogP contribution in [0.4, 0.5) is 0 Å². The molecule has 0 radical (unpaired) electrons. The molecule has 0 aliphatic carbocycles. The van der Waals surface area contributed by atoms with Crippen molar-refractivity contribution < 1.29 is 29.6 Å². The number of fused-ring (bicyclic) bond motifs is 1. The van der Waals surface area contributed by atoms with Gasteiger partial charge in [-0.05, 0) is 24.1 Å². The number of benzene rings is 1. The van der Waals surface area contributed by atoms with E-state index in [1.54, 1.807) is 0 Å². The molecule has 0 amide bonds. The number of ether oxygens (including phenoxy) is 2. The molecule has 0 saturated heterocycles. The fourth-order valence-electron chi connectivity index (χ4n) is 1.61. The van der Waals surface area contributed by atoms with E-state index in [9.17, 15) is 4.79 Å². The van der Waals surface area contributed by atoms with Crippen LogP contribution in [-0.2, 0) is 11.2 Å². The highest BCUT2D eigenvalue weighted by Crippen LogP contribution is 2.32. The van der Waals surface area contributed by atoms with Crippen molar-refractivity contribution in [3.63, 3.8) is 0 Å². The van der Waals surface area contributed by atoms with Gasteiger partial charge in [0, 0.05) is 6.42 Å². The summed E-state index contributed by atoms with van der Waals surface area (Å²) in [5, 5.41) is 25.5. The van der Waals surface area contributed by atoms with Crippen LogP contribution in [0.15, 0.2) is 30.9 Å². The van der Waals surface area contributed by atoms with Gasteiger partial charge in [-0.25, -0.2) is 0 Å². The highest BCUT2D eigenvalue weighted by Gasteiger charge is 2.13. The highest BCUT2D eigenvalue weighted by molar-refractivity contribution is 5.50. The number of rotatable bonds is 6. The summed E-state index contributed by atoms with van der Waals surface area (Å²) in [5.74, 6) is 1.68. The first-order valence-corrected chi connectivity index (χ1v) is 6.52. The van der Waals surface area contributed by atoms with Crippen LogP contribution in [0, 0.1) is 0 Å². The molecule has 0 fully saturated rings. The first-order valence-electron chi connectivity index (χ1n) is 6.52. The Labute approximate surface area is 123 Å². The van der Waals surface area contributed by atoms with Crippen LogP contribution in [0.2, 0.25) is 0 Å². The van der Waals surface area contributed by atoms with Crippen molar-refractivity contribution in [2.75, 3.05) is 13.4 Å². The van der Waals surface area contributed by atoms with E-state index in [-0.39, 0.29) is 6.42 Å². The van der Waals surface area contributed by atoms with Crippen molar-refractivity contribution in [1.29, 1.82) is 0 Å². The monoisotopic (exact) mass is 296 g/mol. The summed E-state index contributed by atoms with van der Waals surface area (Å²) in [4.78, 5) is 9.68. The van der Waals surface area contributed by atoms with Crippen LogP contribution in [0.5, 0.6) is 11.5 Å². The minimum absolute atomic E-state index is 0.137. The number of hydrogen-bond donors (Lipinski definition) is 3. The Morgan fingerprint density at radius 1 is 1.24 bits per heavy atom. The fraction of sp³-hybridized carbons (Fsp3) is 0.400. The molecule has 1 heterocycles. The van der Waals surface area contributed by atoms with Gasteiger partial charge in [0.25, 0.3) is 0 Å². The summed E-state index contributed by atoms with van der Waals surface area (Å²) < 4.78 is 10.4. The van der Waals surface area contributed by atoms with Crippen LogP contribution >= 0.6 is 0 Å². The van der Waals surface area contributed by atoms with E-state index in [0.717, 1.165) is 17.9 Å². The van der Waals surface area contributed by atoms with Gasteiger partial charge < -0.3 is 29.6 Å². The Hall–Kier alpha value is -1.89. The number of carbonyl (C=O) groups excluding carboxylic acids is 1. The van der Waals surface area contributed by atoms with Crippen LogP contribution in [0.1, 0.15) is 12.0 Å². The smallest absolute Gasteiger partial charge is 0.231 e. The van der Waals surface area contributed by atoms with E-state index < -0.39 is 18.8 Å². The summed E-state index contributed by atoms with van der Waals surface area (Å²) in [5.41, 5.74) is 1.20. The second-order valence-electron chi connectivity index (χ2n) is 4.40. The maximum atomic E-state index is 9.68. The average Bonchev–Trinajstić information content (AvgIpc) is 2.95. The van der Waals surface area contributed by atoms with Gasteiger partial charge >= 0.3 is 0 Å². The van der Waals surface area contributed by atoms with Crippen molar-refractivity contribution in [3.05, 3.63) is 36.4 Å².